The minimum Gasteiger partial charge on any atom is -0.338 e. The van der Waals surface area contributed by atoms with E-state index in [1.807, 2.05) is 6.92 Å². The molecule has 2 amide bonds. The largest absolute Gasteiger partial charge is 0.338 e. The molecule has 19 heavy (non-hydrogen) atoms. The molecule has 2 rings (SSSR count). The Bertz CT molecular complexity index is 423. The van der Waals surface area contributed by atoms with Crippen LogP contribution in [0, 0.1) is 5.82 Å². The molecule has 0 radical (unpaired) electrons. The first kappa shape index (κ1) is 13.8. The van der Waals surface area contributed by atoms with Crippen LogP contribution in [0.25, 0.3) is 0 Å². The maximum Gasteiger partial charge on any atom is 0.316 e. The average molecular weight is 266 g/mol. The highest BCUT2D eigenvalue weighted by molar-refractivity contribution is 5.74. The first-order valence-electron chi connectivity index (χ1n) is 6.43. The molecule has 1 aromatic carbocycles. The standard InChI is InChI=1S/C13H19FN4O/c1-9-8-12(18-17-9)16-13(19)15-7-6-10-2-4-11(14)5-3-10/h2-5,9,12,17-18H,6-8H2,1H3,(H2,15,16,19). The van der Waals surface area contributed by atoms with Crippen LogP contribution < -0.4 is 21.5 Å². The van der Waals surface area contributed by atoms with Crippen molar-refractivity contribution in [3.63, 3.8) is 0 Å². The fourth-order valence-electron chi connectivity index (χ4n) is 1.99. The first-order chi connectivity index (χ1) is 9.13. The van der Waals surface area contributed by atoms with Crippen molar-refractivity contribution >= 4 is 6.03 Å². The van der Waals surface area contributed by atoms with Crippen molar-refractivity contribution in [2.45, 2.75) is 32.0 Å². The Hall–Kier alpha value is -1.66. The maximum atomic E-state index is 12.7. The zero-order valence-electron chi connectivity index (χ0n) is 10.9. The molecule has 4 N–H and O–H groups in total. The highest BCUT2D eigenvalue weighted by atomic mass is 19.1. The van der Waals surface area contributed by atoms with Gasteiger partial charge in [0.2, 0.25) is 0 Å². The third-order valence-corrected chi connectivity index (χ3v) is 3.01. The van der Waals surface area contributed by atoms with E-state index in [1.165, 1.54) is 12.1 Å². The van der Waals surface area contributed by atoms with Gasteiger partial charge in [0.05, 0.1) is 6.17 Å². The van der Waals surface area contributed by atoms with Crippen LogP contribution in [-0.2, 0) is 6.42 Å². The Kier molecular flexibility index (Phi) is 4.70. The average Bonchev–Trinajstić information content (AvgIpc) is 2.77. The van der Waals surface area contributed by atoms with Crippen LogP contribution >= 0.6 is 0 Å². The Balaban J connectivity index is 1.65. The smallest absolute Gasteiger partial charge is 0.316 e. The Morgan fingerprint density at radius 3 is 2.74 bits per heavy atom. The topological polar surface area (TPSA) is 65.2 Å². The summed E-state index contributed by atoms with van der Waals surface area (Å²) in [5.74, 6) is -0.247. The van der Waals surface area contributed by atoms with E-state index >= 15 is 0 Å². The van der Waals surface area contributed by atoms with E-state index in [0.29, 0.717) is 19.0 Å². The molecule has 0 spiro atoms. The number of hydrogen-bond acceptors (Lipinski definition) is 3. The molecule has 1 saturated heterocycles. The normalized spacial score (nSPS) is 22.2. The lowest BCUT2D eigenvalue weighted by Crippen LogP contribution is -2.48. The fourth-order valence-corrected chi connectivity index (χ4v) is 1.99. The summed E-state index contributed by atoms with van der Waals surface area (Å²) in [7, 11) is 0. The molecule has 1 aromatic rings. The van der Waals surface area contributed by atoms with Gasteiger partial charge in [0.25, 0.3) is 0 Å². The van der Waals surface area contributed by atoms with E-state index in [1.54, 1.807) is 12.1 Å². The Morgan fingerprint density at radius 2 is 2.11 bits per heavy atom. The molecule has 1 aliphatic rings. The summed E-state index contributed by atoms with van der Waals surface area (Å²) in [6.07, 6.45) is 1.49. The quantitative estimate of drug-likeness (QED) is 0.654. The lowest BCUT2D eigenvalue weighted by atomic mass is 10.1. The van der Waals surface area contributed by atoms with E-state index in [2.05, 4.69) is 21.5 Å². The van der Waals surface area contributed by atoms with Crippen molar-refractivity contribution in [3.05, 3.63) is 35.6 Å². The summed E-state index contributed by atoms with van der Waals surface area (Å²) in [6.45, 7) is 2.56. The summed E-state index contributed by atoms with van der Waals surface area (Å²) in [5.41, 5.74) is 7.02. The van der Waals surface area contributed by atoms with Crippen molar-refractivity contribution in [1.82, 2.24) is 21.5 Å². The van der Waals surface area contributed by atoms with E-state index in [-0.39, 0.29) is 18.0 Å². The molecule has 6 heteroatoms. The molecule has 0 bridgehead atoms. The van der Waals surface area contributed by atoms with Crippen LogP contribution in [0.3, 0.4) is 0 Å². The van der Waals surface area contributed by atoms with Gasteiger partial charge in [-0.25, -0.2) is 14.6 Å². The van der Waals surface area contributed by atoms with Gasteiger partial charge in [-0.15, -0.1) is 0 Å². The Labute approximate surface area is 111 Å². The predicted octanol–water partition coefficient (Wildman–Crippen LogP) is 0.880. The molecule has 0 aromatic heterocycles. The lowest BCUT2D eigenvalue weighted by molar-refractivity contribution is 0.235. The maximum absolute atomic E-state index is 12.7. The van der Waals surface area contributed by atoms with Gasteiger partial charge in [0, 0.05) is 12.6 Å². The number of benzene rings is 1. The van der Waals surface area contributed by atoms with E-state index in [4.69, 9.17) is 0 Å². The molecular formula is C13H19FN4O. The van der Waals surface area contributed by atoms with Crippen molar-refractivity contribution in [2.24, 2.45) is 0 Å². The lowest BCUT2D eigenvalue weighted by Gasteiger charge is -2.13. The second-order valence-corrected chi connectivity index (χ2v) is 4.75. The molecule has 1 heterocycles. The third kappa shape index (κ3) is 4.50. The van der Waals surface area contributed by atoms with E-state index in [0.717, 1.165) is 12.0 Å². The van der Waals surface area contributed by atoms with Gasteiger partial charge in [-0.1, -0.05) is 12.1 Å². The monoisotopic (exact) mass is 266 g/mol. The van der Waals surface area contributed by atoms with Gasteiger partial charge in [-0.2, -0.15) is 0 Å². The van der Waals surface area contributed by atoms with Crippen LogP contribution in [0.15, 0.2) is 24.3 Å². The Morgan fingerprint density at radius 1 is 1.37 bits per heavy atom. The summed E-state index contributed by atoms with van der Waals surface area (Å²) >= 11 is 0. The molecule has 0 saturated carbocycles. The molecule has 1 fully saturated rings. The van der Waals surface area contributed by atoms with Gasteiger partial charge in [-0.05, 0) is 37.5 Å². The second kappa shape index (κ2) is 6.49. The molecule has 104 valence electrons. The molecular weight excluding hydrogens is 247 g/mol. The van der Waals surface area contributed by atoms with Crippen LogP contribution in [0.5, 0.6) is 0 Å². The molecule has 2 atom stereocenters. The molecule has 1 aliphatic heterocycles. The minimum atomic E-state index is -0.247. The SMILES string of the molecule is CC1CC(NC(=O)NCCc2ccc(F)cc2)NN1. The van der Waals surface area contributed by atoms with Gasteiger partial charge in [0.15, 0.2) is 0 Å². The number of carbonyl (C=O) groups excluding carboxylic acids is 1. The van der Waals surface area contributed by atoms with Crippen molar-refractivity contribution in [1.29, 1.82) is 0 Å². The number of amides is 2. The fraction of sp³-hybridized carbons (Fsp3) is 0.462. The number of nitrogens with one attached hydrogen (secondary N) is 4. The summed E-state index contributed by atoms with van der Waals surface area (Å²) in [5, 5.41) is 5.60. The van der Waals surface area contributed by atoms with Crippen molar-refractivity contribution < 1.29 is 9.18 Å². The summed E-state index contributed by atoms with van der Waals surface area (Å²) < 4.78 is 12.7. The highest BCUT2D eigenvalue weighted by Gasteiger charge is 2.20. The molecule has 0 aliphatic carbocycles. The van der Waals surface area contributed by atoms with Crippen LogP contribution in [-0.4, -0.2) is 24.8 Å². The number of hydrogen-bond donors (Lipinski definition) is 4. The first-order valence-corrected chi connectivity index (χ1v) is 6.43. The van der Waals surface area contributed by atoms with Crippen molar-refractivity contribution in [3.8, 4) is 0 Å². The van der Waals surface area contributed by atoms with Crippen LogP contribution in [0.4, 0.5) is 9.18 Å². The summed E-state index contributed by atoms with van der Waals surface area (Å²) in [6, 6.07) is 6.44. The zero-order valence-corrected chi connectivity index (χ0v) is 10.9. The number of urea groups is 1. The summed E-state index contributed by atoms with van der Waals surface area (Å²) in [4.78, 5) is 11.6. The number of halogens is 1. The van der Waals surface area contributed by atoms with Crippen molar-refractivity contribution in [2.75, 3.05) is 6.54 Å². The predicted molar refractivity (Wildman–Crippen MR) is 70.8 cm³/mol. The highest BCUT2D eigenvalue weighted by Crippen LogP contribution is 2.03. The third-order valence-electron chi connectivity index (χ3n) is 3.01. The van der Waals surface area contributed by atoms with Crippen LogP contribution in [0.1, 0.15) is 18.9 Å². The molecule has 2 unspecified atom stereocenters. The van der Waals surface area contributed by atoms with Gasteiger partial charge in [-0.3, -0.25) is 5.43 Å². The zero-order chi connectivity index (χ0) is 13.7. The van der Waals surface area contributed by atoms with E-state index < -0.39 is 0 Å². The molecule has 5 nitrogen and oxygen atoms in total. The van der Waals surface area contributed by atoms with Gasteiger partial charge < -0.3 is 10.6 Å². The number of hydrazine groups is 1. The van der Waals surface area contributed by atoms with Gasteiger partial charge >= 0.3 is 6.03 Å². The van der Waals surface area contributed by atoms with Crippen LogP contribution in [0.2, 0.25) is 0 Å². The second-order valence-electron chi connectivity index (χ2n) is 4.75. The number of rotatable bonds is 4. The minimum absolute atomic E-state index is 0.0409. The number of carbonyl (C=O) groups is 1. The van der Waals surface area contributed by atoms with E-state index in [9.17, 15) is 9.18 Å². The van der Waals surface area contributed by atoms with Gasteiger partial charge in [0.1, 0.15) is 5.82 Å².